The molecule has 0 aromatic heterocycles. The van der Waals surface area contributed by atoms with E-state index in [0.717, 1.165) is 0 Å². The normalized spacial score (nSPS) is 10.5. The Morgan fingerprint density at radius 3 is 2.38 bits per heavy atom. The van der Waals surface area contributed by atoms with Gasteiger partial charge in [0.1, 0.15) is 0 Å². The zero-order chi connectivity index (χ0) is 17.9. The lowest BCUT2D eigenvalue weighted by molar-refractivity contribution is -0.118. The molecule has 2 N–H and O–H groups in total. The van der Waals surface area contributed by atoms with Crippen molar-refractivity contribution in [3.63, 3.8) is 0 Å². The average molecular weight is 344 g/mol. The summed E-state index contributed by atoms with van der Waals surface area (Å²) < 4.78 is 0. The number of carbonyl (C=O) groups is 2. The number of amides is 1. The highest BCUT2D eigenvalue weighted by atomic mass is 35.5. The molecule has 124 valence electrons. The summed E-state index contributed by atoms with van der Waals surface area (Å²) in [5.74, 6) is -1.41. The summed E-state index contributed by atoms with van der Waals surface area (Å²) in [6.07, 6.45) is 0. The zero-order valence-electron chi connectivity index (χ0n) is 13.5. The number of benzene rings is 2. The van der Waals surface area contributed by atoms with Crippen LogP contribution in [0.25, 0.3) is 5.57 Å². The van der Waals surface area contributed by atoms with Crippen LogP contribution in [0.2, 0.25) is 5.02 Å². The summed E-state index contributed by atoms with van der Waals surface area (Å²) in [5, 5.41) is 12.5. The van der Waals surface area contributed by atoms with E-state index in [1.54, 1.807) is 38.1 Å². The molecule has 24 heavy (non-hydrogen) atoms. The van der Waals surface area contributed by atoms with Gasteiger partial charge in [-0.25, -0.2) is 4.79 Å². The highest BCUT2D eigenvalue weighted by Crippen LogP contribution is 2.33. The second kappa shape index (κ2) is 7.32. The largest absolute Gasteiger partial charge is 0.478 e. The summed E-state index contributed by atoms with van der Waals surface area (Å²) in [4.78, 5) is 23.3. The van der Waals surface area contributed by atoms with Crippen LogP contribution in [0, 0.1) is 5.92 Å². The Kier molecular flexibility index (Phi) is 5.42. The summed E-state index contributed by atoms with van der Waals surface area (Å²) in [6, 6.07) is 11.7. The number of nitrogens with one attached hydrogen (secondary N) is 1. The molecule has 2 aromatic rings. The highest BCUT2D eigenvalue weighted by molar-refractivity contribution is 6.32. The number of anilines is 1. The van der Waals surface area contributed by atoms with Crippen molar-refractivity contribution in [2.45, 2.75) is 13.8 Å². The van der Waals surface area contributed by atoms with E-state index < -0.39 is 5.97 Å². The SMILES string of the molecule is C=C(c1ccccc1Cl)c1cc(C(=O)O)ccc1NC(=O)C(C)C. The van der Waals surface area contributed by atoms with Crippen molar-refractivity contribution in [2.24, 2.45) is 5.92 Å². The van der Waals surface area contributed by atoms with Gasteiger partial charge in [-0.3, -0.25) is 4.79 Å². The van der Waals surface area contributed by atoms with Gasteiger partial charge in [0.05, 0.1) is 5.56 Å². The van der Waals surface area contributed by atoms with E-state index in [9.17, 15) is 14.7 Å². The van der Waals surface area contributed by atoms with Crippen LogP contribution in [-0.4, -0.2) is 17.0 Å². The minimum atomic E-state index is -1.05. The van der Waals surface area contributed by atoms with Gasteiger partial charge in [-0.15, -0.1) is 0 Å². The number of halogens is 1. The number of hydrogen-bond acceptors (Lipinski definition) is 2. The fraction of sp³-hybridized carbons (Fsp3) is 0.158. The van der Waals surface area contributed by atoms with Crippen LogP contribution < -0.4 is 5.32 Å². The first-order valence-electron chi connectivity index (χ1n) is 7.43. The Hall–Kier alpha value is -2.59. The molecule has 5 heteroatoms. The van der Waals surface area contributed by atoms with Crippen LogP contribution in [0.5, 0.6) is 0 Å². The lowest BCUT2D eigenvalue weighted by Gasteiger charge is -2.16. The molecular weight excluding hydrogens is 326 g/mol. The molecule has 0 fully saturated rings. The van der Waals surface area contributed by atoms with E-state index in [0.29, 0.717) is 27.4 Å². The van der Waals surface area contributed by atoms with Crippen molar-refractivity contribution in [3.8, 4) is 0 Å². The van der Waals surface area contributed by atoms with Crippen molar-refractivity contribution in [1.29, 1.82) is 0 Å². The minimum Gasteiger partial charge on any atom is -0.478 e. The third-order valence-electron chi connectivity index (χ3n) is 3.57. The summed E-state index contributed by atoms with van der Waals surface area (Å²) in [5.41, 5.74) is 2.37. The van der Waals surface area contributed by atoms with Crippen LogP contribution >= 0.6 is 11.6 Å². The standard InChI is InChI=1S/C19H18ClNO3/c1-11(2)18(22)21-17-9-8-13(19(23)24)10-15(17)12(3)14-6-4-5-7-16(14)20/h4-11H,3H2,1-2H3,(H,21,22)(H,23,24). The number of carboxylic acids is 1. The van der Waals surface area contributed by atoms with Crippen LogP contribution in [0.3, 0.4) is 0 Å². The molecule has 0 saturated heterocycles. The number of rotatable bonds is 5. The maximum absolute atomic E-state index is 12.0. The van der Waals surface area contributed by atoms with E-state index in [2.05, 4.69) is 11.9 Å². The Bertz CT molecular complexity index is 812. The molecule has 0 radical (unpaired) electrons. The van der Waals surface area contributed by atoms with E-state index in [1.807, 2.05) is 6.07 Å². The van der Waals surface area contributed by atoms with E-state index in [4.69, 9.17) is 11.6 Å². The Morgan fingerprint density at radius 1 is 1.12 bits per heavy atom. The molecule has 2 aromatic carbocycles. The van der Waals surface area contributed by atoms with Gasteiger partial charge in [0.2, 0.25) is 5.91 Å². The summed E-state index contributed by atoms with van der Waals surface area (Å²) >= 11 is 6.22. The molecule has 4 nitrogen and oxygen atoms in total. The van der Waals surface area contributed by atoms with Crippen molar-refractivity contribution in [1.82, 2.24) is 0 Å². The molecule has 0 saturated carbocycles. The molecular formula is C19H18ClNO3. The maximum atomic E-state index is 12.0. The van der Waals surface area contributed by atoms with Crippen molar-refractivity contribution >= 4 is 34.7 Å². The molecule has 2 rings (SSSR count). The van der Waals surface area contributed by atoms with Gasteiger partial charge in [-0.2, -0.15) is 0 Å². The minimum absolute atomic E-state index is 0.112. The first-order valence-corrected chi connectivity index (χ1v) is 7.81. The Morgan fingerprint density at radius 2 is 1.79 bits per heavy atom. The van der Waals surface area contributed by atoms with Gasteiger partial charge in [-0.1, -0.05) is 50.2 Å². The second-order valence-electron chi connectivity index (χ2n) is 5.67. The van der Waals surface area contributed by atoms with Gasteiger partial charge in [0.15, 0.2) is 0 Å². The quantitative estimate of drug-likeness (QED) is 0.827. The van der Waals surface area contributed by atoms with Gasteiger partial charge < -0.3 is 10.4 Å². The van der Waals surface area contributed by atoms with E-state index >= 15 is 0 Å². The second-order valence-corrected chi connectivity index (χ2v) is 6.08. The molecule has 0 aliphatic rings. The van der Waals surface area contributed by atoms with Crippen molar-refractivity contribution in [2.75, 3.05) is 5.32 Å². The lowest BCUT2D eigenvalue weighted by atomic mass is 9.96. The monoisotopic (exact) mass is 343 g/mol. The predicted octanol–water partition coefficient (Wildman–Crippen LogP) is 4.69. The first kappa shape index (κ1) is 17.8. The van der Waals surface area contributed by atoms with Crippen LogP contribution in [0.1, 0.15) is 35.3 Å². The Labute approximate surface area is 145 Å². The fourth-order valence-electron chi connectivity index (χ4n) is 2.16. The van der Waals surface area contributed by atoms with Crippen LogP contribution in [-0.2, 0) is 4.79 Å². The number of aromatic carboxylic acids is 1. The molecule has 0 spiro atoms. The Balaban J connectivity index is 2.54. The first-order chi connectivity index (χ1) is 11.3. The molecule has 0 aliphatic heterocycles. The number of hydrogen-bond donors (Lipinski definition) is 2. The molecule has 0 heterocycles. The third-order valence-corrected chi connectivity index (χ3v) is 3.90. The highest BCUT2D eigenvalue weighted by Gasteiger charge is 2.16. The average Bonchev–Trinajstić information content (AvgIpc) is 2.54. The van der Waals surface area contributed by atoms with Crippen molar-refractivity contribution < 1.29 is 14.7 Å². The van der Waals surface area contributed by atoms with Gasteiger partial charge in [-0.05, 0) is 29.8 Å². The summed E-state index contributed by atoms with van der Waals surface area (Å²) in [6.45, 7) is 7.60. The number of carboxylic acid groups (broad SMARTS) is 1. The molecule has 1 amide bonds. The molecule has 0 atom stereocenters. The smallest absolute Gasteiger partial charge is 0.335 e. The summed E-state index contributed by atoms with van der Waals surface area (Å²) in [7, 11) is 0. The molecule has 0 unspecified atom stereocenters. The third kappa shape index (κ3) is 3.84. The van der Waals surface area contributed by atoms with E-state index in [1.165, 1.54) is 12.1 Å². The van der Waals surface area contributed by atoms with Crippen molar-refractivity contribution in [3.05, 3.63) is 70.8 Å². The van der Waals surface area contributed by atoms with Gasteiger partial charge >= 0.3 is 5.97 Å². The van der Waals surface area contributed by atoms with Crippen LogP contribution in [0.15, 0.2) is 49.0 Å². The molecule has 0 bridgehead atoms. The van der Waals surface area contributed by atoms with Gasteiger partial charge in [0.25, 0.3) is 0 Å². The molecule has 0 aliphatic carbocycles. The maximum Gasteiger partial charge on any atom is 0.335 e. The van der Waals surface area contributed by atoms with Gasteiger partial charge in [0, 0.05) is 27.8 Å². The lowest BCUT2D eigenvalue weighted by Crippen LogP contribution is -2.19. The number of carbonyl (C=O) groups excluding carboxylic acids is 1. The zero-order valence-corrected chi connectivity index (χ0v) is 14.2. The fourth-order valence-corrected chi connectivity index (χ4v) is 2.41. The predicted molar refractivity (Wildman–Crippen MR) is 96.5 cm³/mol. The van der Waals surface area contributed by atoms with E-state index in [-0.39, 0.29) is 17.4 Å². The topological polar surface area (TPSA) is 66.4 Å². The van der Waals surface area contributed by atoms with Crippen LogP contribution in [0.4, 0.5) is 5.69 Å².